The standard InChI is InChI=1S/C27H32B2N2O4S2/c30-13-15-34-28(26-3-1-19-36-26)23-7-5-22(6-8-23)21-32-17-18-33-25-11-9-24(10-12-25)29(35-16-14-31)27-4-2-20-37-27/h1-12,19-20H,13-18,21,30-31H2. The van der Waals surface area contributed by atoms with E-state index in [1.165, 1.54) is 4.78 Å². The minimum absolute atomic E-state index is 0.0916. The molecule has 192 valence electrons. The van der Waals surface area contributed by atoms with E-state index in [0.29, 0.717) is 46.1 Å². The average molecular weight is 534 g/mol. The van der Waals surface area contributed by atoms with E-state index in [1.807, 2.05) is 36.4 Å². The van der Waals surface area contributed by atoms with E-state index in [0.717, 1.165) is 27.0 Å². The second-order valence-electron chi connectivity index (χ2n) is 8.32. The summed E-state index contributed by atoms with van der Waals surface area (Å²) in [6.45, 7) is 3.32. The minimum atomic E-state index is -0.111. The first-order chi connectivity index (χ1) is 18.3. The van der Waals surface area contributed by atoms with Crippen molar-refractivity contribution in [3.63, 3.8) is 0 Å². The third-order valence-electron chi connectivity index (χ3n) is 5.64. The molecule has 0 bridgehead atoms. The van der Waals surface area contributed by atoms with Crippen molar-refractivity contribution in [2.24, 2.45) is 11.5 Å². The molecule has 0 fully saturated rings. The molecule has 0 aliphatic carbocycles. The summed E-state index contributed by atoms with van der Waals surface area (Å²) in [5, 5.41) is 4.12. The molecule has 4 N–H and O–H groups in total. The molecular formula is C27H32B2N2O4S2. The van der Waals surface area contributed by atoms with Crippen LogP contribution in [-0.4, -0.2) is 53.3 Å². The number of thiophene rings is 2. The van der Waals surface area contributed by atoms with Crippen LogP contribution in [0, 0.1) is 0 Å². The topological polar surface area (TPSA) is 89.0 Å². The van der Waals surface area contributed by atoms with Crippen LogP contribution in [0.4, 0.5) is 0 Å². The summed E-state index contributed by atoms with van der Waals surface area (Å²) >= 11 is 3.37. The molecule has 0 amide bonds. The Bertz CT molecular complexity index is 1050. The van der Waals surface area contributed by atoms with Gasteiger partial charge in [-0.15, -0.1) is 0 Å². The second kappa shape index (κ2) is 15.1. The summed E-state index contributed by atoms with van der Waals surface area (Å²) in [6, 6.07) is 24.6. The van der Waals surface area contributed by atoms with E-state index >= 15 is 0 Å². The van der Waals surface area contributed by atoms with Crippen LogP contribution >= 0.6 is 22.7 Å². The van der Waals surface area contributed by atoms with Crippen molar-refractivity contribution in [2.45, 2.75) is 6.61 Å². The summed E-state index contributed by atoms with van der Waals surface area (Å²) in [4.78, 5) is 0. The van der Waals surface area contributed by atoms with Gasteiger partial charge in [0.2, 0.25) is 0 Å². The Kier molecular flexibility index (Phi) is 11.3. The molecule has 10 heteroatoms. The molecule has 4 rings (SSSR count). The second-order valence-corrected chi connectivity index (χ2v) is 10.3. The summed E-state index contributed by atoms with van der Waals surface area (Å²) in [5.41, 5.74) is 14.6. The van der Waals surface area contributed by atoms with Crippen molar-refractivity contribution in [1.29, 1.82) is 0 Å². The largest absolute Gasteiger partial charge is 0.491 e. The van der Waals surface area contributed by atoms with Gasteiger partial charge in [-0.1, -0.05) is 60.7 Å². The van der Waals surface area contributed by atoms with Gasteiger partial charge in [-0.05, 0) is 39.4 Å². The van der Waals surface area contributed by atoms with Gasteiger partial charge < -0.3 is 30.2 Å². The Morgan fingerprint density at radius 1 is 0.622 bits per heavy atom. The molecule has 2 aromatic heterocycles. The van der Waals surface area contributed by atoms with Gasteiger partial charge in [-0.3, -0.25) is 0 Å². The maximum Gasteiger partial charge on any atom is 0.372 e. The van der Waals surface area contributed by atoms with Gasteiger partial charge in [0.05, 0.1) is 13.2 Å². The van der Waals surface area contributed by atoms with Crippen LogP contribution in [0.15, 0.2) is 83.6 Å². The SMILES string of the molecule is NCCOB(c1ccc(COCCOc2ccc(B(OCCN)c3cccs3)cc2)cc1)c1cccs1. The predicted octanol–water partition coefficient (Wildman–Crippen LogP) is 1.57. The Hall–Kier alpha value is -2.43. The van der Waals surface area contributed by atoms with Gasteiger partial charge in [0.25, 0.3) is 0 Å². The fourth-order valence-electron chi connectivity index (χ4n) is 3.87. The molecule has 0 saturated carbocycles. The molecule has 0 unspecified atom stereocenters. The summed E-state index contributed by atoms with van der Waals surface area (Å²) in [7, 11) is 0. The highest BCUT2D eigenvalue weighted by Crippen LogP contribution is 2.10. The van der Waals surface area contributed by atoms with Gasteiger partial charge in [0.15, 0.2) is 0 Å². The monoisotopic (exact) mass is 534 g/mol. The summed E-state index contributed by atoms with van der Waals surface area (Å²) in [5.74, 6) is 0.803. The Morgan fingerprint density at radius 3 is 1.65 bits per heavy atom. The van der Waals surface area contributed by atoms with E-state index in [4.69, 9.17) is 30.2 Å². The van der Waals surface area contributed by atoms with Crippen LogP contribution in [0.5, 0.6) is 5.75 Å². The van der Waals surface area contributed by atoms with E-state index in [1.54, 1.807) is 22.7 Å². The van der Waals surface area contributed by atoms with Crippen LogP contribution in [0.25, 0.3) is 0 Å². The van der Waals surface area contributed by atoms with Gasteiger partial charge in [0, 0.05) is 35.9 Å². The fraction of sp³-hybridized carbons (Fsp3) is 0.259. The van der Waals surface area contributed by atoms with Gasteiger partial charge in [0.1, 0.15) is 12.4 Å². The highest BCUT2D eigenvalue weighted by Gasteiger charge is 2.23. The van der Waals surface area contributed by atoms with Gasteiger partial charge >= 0.3 is 13.8 Å². The molecule has 0 aliphatic rings. The lowest BCUT2D eigenvalue weighted by Crippen LogP contribution is -2.44. The third kappa shape index (κ3) is 8.28. The third-order valence-corrected chi connectivity index (χ3v) is 7.47. The van der Waals surface area contributed by atoms with E-state index in [9.17, 15) is 0 Å². The Balaban J connectivity index is 1.22. The Morgan fingerprint density at radius 2 is 1.16 bits per heavy atom. The zero-order valence-electron chi connectivity index (χ0n) is 20.8. The zero-order chi connectivity index (χ0) is 25.7. The zero-order valence-corrected chi connectivity index (χ0v) is 22.4. The van der Waals surface area contributed by atoms with Crippen LogP contribution in [0.2, 0.25) is 0 Å². The van der Waals surface area contributed by atoms with Crippen LogP contribution < -0.4 is 36.7 Å². The molecule has 0 aliphatic heterocycles. The van der Waals surface area contributed by atoms with Crippen LogP contribution in [0.1, 0.15) is 5.56 Å². The smallest absolute Gasteiger partial charge is 0.372 e. The normalized spacial score (nSPS) is 11.0. The van der Waals surface area contributed by atoms with Crippen LogP contribution in [-0.2, 0) is 20.7 Å². The molecule has 2 aromatic carbocycles. The van der Waals surface area contributed by atoms with Crippen LogP contribution in [0.3, 0.4) is 0 Å². The van der Waals surface area contributed by atoms with Crippen molar-refractivity contribution in [2.75, 3.05) is 39.5 Å². The molecular weight excluding hydrogens is 502 g/mol. The number of hydrogen-bond acceptors (Lipinski definition) is 8. The molecule has 0 atom stereocenters. The summed E-state index contributed by atoms with van der Waals surface area (Å²) in [6.07, 6.45) is 0. The van der Waals surface area contributed by atoms with E-state index in [2.05, 4.69) is 47.2 Å². The van der Waals surface area contributed by atoms with Crippen molar-refractivity contribution >= 4 is 57.0 Å². The van der Waals surface area contributed by atoms with E-state index in [-0.39, 0.29) is 13.8 Å². The highest BCUT2D eigenvalue weighted by molar-refractivity contribution is 7.23. The van der Waals surface area contributed by atoms with Gasteiger partial charge in [-0.2, -0.15) is 22.7 Å². The van der Waals surface area contributed by atoms with Crippen molar-refractivity contribution in [3.8, 4) is 5.75 Å². The lowest BCUT2D eigenvalue weighted by atomic mass is 9.59. The first-order valence-corrected chi connectivity index (χ1v) is 14.1. The summed E-state index contributed by atoms with van der Waals surface area (Å²) < 4.78 is 26.0. The number of ether oxygens (including phenoxy) is 2. The van der Waals surface area contributed by atoms with Crippen molar-refractivity contribution in [3.05, 3.63) is 89.1 Å². The van der Waals surface area contributed by atoms with Gasteiger partial charge in [-0.25, -0.2) is 0 Å². The molecule has 37 heavy (non-hydrogen) atoms. The molecule has 0 spiro atoms. The van der Waals surface area contributed by atoms with Crippen molar-refractivity contribution in [1.82, 2.24) is 0 Å². The molecule has 0 radical (unpaired) electrons. The predicted molar refractivity (Wildman–Crippen MR) is 157 cm³/mol. The number of hydrogen-bond donors (Lipinski definition) is 2. The molecule has 0 saturated heterocycles. The lowest BCUT2D eigenvalue weighted by molar-refractivity contribution is 0.0889. The average Bonchev–Trinajstić information content (AvgIpc) is 3.66. The number of nitrogens with two attached hydrogens (primary N) is 2. The quantitative estimate of drug-likeness (QED) is 0.168. The first-order valence-electron chi connectivity index (χ1n) is 12.4. The maximum absolute atomic E-state index is 6.00. The van der Waals surface area contributed by atoms with E-state index < -0.39 is 0 Å². The fourth-order valence-corrected chi connectivity index (χ4v) is 5.47. The first kappa shape index (κ1) is 27.6. The molecule has 6 nitrogen and oxygen atoms in total. The molecule has 2 heterocycles. The lowest BCUT2D eigenvalue weighted by Gasteiger charge is -2.14. The Labute approximate surface area is 227 Å². The van der Waals surface area contributed by atoms with Crippen molar-refractivity contribution < 1.29 is 18.8 Å². The minimum Gasteiger partial charge on any atom is -0.491 e. The molecule has 4 aromatic rings. The number of benzene rings is 2. The maximum atomic E-state index is 6.00. The number of rotatable bonds is 16. The highest BCUT2D eigenvalue weighted by atomic mass is 32.1.